The van der Waals surface area contributed by atoms with Crippen LogP contribution in [-0.4, -0.2) is 27.1 Å². The molecule has 11 heavy (non-hydrogen) atoms. The highest BCUT2D eigenvalue weighted by atomic mass is 32.2. The van der Waals surface area contributed by atoms with Crippen LogP contribution in [0.1, 0.15) is 20.8 Å². The van der Waals surface area contributed by atoms with E-state index in [-0.39, 0.29) is 6.10 Å². The largest absolute Gasteiger partial charge is 0.349 e. The van der Waals surface area contributed by atoms with Crippen LogP contribution in [0.25, 0.3) is 0 Å². The SMILES string of the molecule is CC(C)OC(C)OS(C)(=O)=O. The average molecular weight is 182 g/mol. The van der Waals surface area contributed by atoms with E-state index in [1.807, 2.05) is 13.8 Å². The predicted octanol–water partition coefficient (Wildman–Crippen LogP) is 0.734. The number of hydrogen-bond donors (Lipinski definition) is 0. The second kappa shape index (κ2) is 4.04. The highest BCUT2D eigenvalue weighted by Crippen LogP contribution is 2.01. The zero-order valence-corrected chi connectivity index (χ0v) is 8.01. The summed E-state index contributed by atoms with van der Waals surface area (Å²) in [5, 5.41) is 0. The van der Waals surface area contributed by atoms with Crippen molar-refractivity contribution in [1.29, 1.82) is 0 Å². The molecule has 0 aliphatic rings. The Morgan fingerprint density at radius 2 is 1.64 bits per heavy atom. The summed E-state index contributed by atoms with van der Waals surface area (Å²) in [4.78, 5) is 0. The normalized spacial score (nSPS) is 15.4. The topological polar surface area (TPSA) is 52.6 Å². The molecule has 0 amide bonds. The number of ether oxygens (including phenoxy) is 1. The van der Waals surface area contributed by atoms with Gasteiger partial charge in [-0.2, -0.15) is 8.42 Å². The van der Waals surface area contributed by atoms with Crippen LogP contribution in [0, 0.1) is 0 Å². The third-order valence-electron chi connectivity index (χ3n) is 0.774. The molecule has 0 rings (SSSR count). The molecule has 1 atom stereocenters. The number of rotatable bonds is 4. The molecule has 5 heteroatoms. The second-order valence-corrected chi connectivity index (χ2v) is 4.15. The van der Waals surface area contributed by atoms with Crippen LogP contribution < -0.4 is 0 Å². The summed E-state index contributed by atoms with van der Waals surface area (Å²) in [6.45, 7) is 5.16. The van der Waals surface area contributed by atoms with Crippen molar-refractivity contribution in [3.05, 3.63) is 0 Å². The molecule has 0 saturated heterocycles. The Morgan fingerprint density at radius 1 is 1.18 bits per heavy atom. The van der Waals surface area contributed by atoms with Gasteiger partial charge < -0.3 is 4.74 Å². The van der Waals surface area contributed by atoms with Crippen LogP contribution in [-0.2, 0) is 19.0 Å². The Morgan fingerprint density at radius 3 is 1.91 bits per heavy atom. The van der Waals surface area contributed by atoms with Crippen LogP contribution in [0.5, 0.6) is 0 Å². The van der Waals surface area contributed by atoms with E-state index in [4.69, 9.17) is 4.74 Å². The molecule has 0 aliphatic heterocycles. The predicted molar refractivity (Wildman–Crippen MR) is 41.6 cm³/mol. The molecule has 0 aromatic carbocycles. The van der Waals surface area contributed by atoms with Gasteiger partial charge in [0.25, 0.3) is 10.1 Å². The lowest BCUT2D eigenvalue weighted by Crippen LogP contribution is -2.20. The minimum absolute atomic E-state index is 0.0354. The lowest BCUT2D eigenvalue weighted by molar-refractivity contribution is -0.0912. The summed E-state index contributed by atoms with van der Waals surface area (Å²) in [6.07, 6.45) is 0.254. The van der Waals surface area contributed by atoms with Crippen LogP contribution in [0.15, 0.2) is 0 Å². The molecule has 0 aliphatic carbocycles. The lowest BCUT2D eigenvalue weighted by Gasteiger charge is -2.14. The summed E-state index contributed by atoms with van der Waals surface area (Å²) in [5.74, 6) is 0. The first-order valence-electron chi connectivity index (χ1n) is 3.35. The van der Waals surface area contributed by atoms with Gasteiger partial charge >= 0.3 is 0 Å². The van der Waals surface area contributed by atoms with Crippen molar-refractivity contribution in [3.63, 3.8) is 0 Å². The molecule has 0 aromatic rings. The standard InChI is InChI=1S/C6H14O4S/c1-5(2)9-6(3)10-11(4,7)8/h5-6H,1-4H3. The molecular formula is C6H14O4S. The molecule has 0 fully saturated rings. The van der Waals surface area contributed by atoms with E-state index in [0.717, 1.165) is 6.26 Å². The Labute approximate surface area is 67.6 Å². The molecule has 0 spiro atoms. The van der Waals surface area contributed by atoms with Crippen molar-refractivity contribution in [2.75, 3.05) is 6.26 Å². The second-order valence-electron chi connectivity index (χ2n) is 2.55. The minimum Gasteiger partial charge on any atom is -0.349 e. The molecule has 0 aromatic heterocycles. The highest BCUT2D eigenvalue weighted by Gasteiger charge is 2.11. The Bertz CT molecular complexity index is 195. The molecule has 4 nitrogen and oxygen atoms in total. The highest BCUT2D eigenvalue weighted by molar-refractivity contribution is 7.86. The fourth-order valence-electron chi connectivity index (χ4n) is 0.652. The van der Waals surface area contributed by atoms with Gasteiger partial charge in [-0.1, -0.05) is 0 Å². The maximum Gasteiger partial charge on any atom is 0.266 e. The van der Waals surface area contributed by atoms with Crippen molar-refractivity contribution in [2.45, 2.75) is 33.2 Å². The fourth-order valence-corrected chi connectivity index (χ4v) is 1.19. The zero-order chi connectivity index (χ0) is 9.07. The number of hydrogen-bond acceptors (Lipinski definition) is 4. The van der Waals surface area contributed by atoms with E-state index >= 15 is 0 Å². The lowest BCUT2D eigenvalue weighted by atomic mass is 10.5. The van der Waals surface area contributed by atoms with Crippen molar-refractivity contribution < 1.29 is 17.3 Å². The van der Waals surface area contributed by atoms with Gasteiger partial charge in [0.05, 0.1) is 12.4 Å². The van der Waals surface area contributed by atoms with E-state index < -0.39 is 16.4 Å². The summed E-state index contributed by atoms with van der Waals surface area (Å²) >= 11 is 0. The van der Waals surface area contributed by atoms with Gasteiger partial charge in [-0.25, -0.2) is 4.18 Å². The molecular weight excluding hydrogens is 168 g/mol. The van der Waals surface area contributed by atoms with Crippen LogP contribution >= 0.6 is 0 Å². The molecule has 0 bridgehead atoms. The Hall–Kier alpha value is -0.130. The molecule has 0 radical (unpaired) electrons. The molecule has 0 saturated carbocycles. The van der Waals surface area contributed by atoms with Crippen LogP contribution in [0.3, 0.4) is 0 Å². The molecule has 1 unspecified atom stereocenters. The maximum atomic E-state index is 10.5. The van der Waals surface area contributed by atoms with Gasteiger partial charge in [0.1, 0.15) is 0 Å². The quantitative estimate of drug-likeness (QED) is 0.475. The van der Waals surface area contributed by atoms with E-state index in [1.54, 1.807) is 6.92 Å². The van der Waals surface area contributed by atoms with E-state index in [0.29, 0.717) is 0 Å². The van der Waals surface area contributed by atoms with E-state index in [9.17, 15) is 8.42 Å². The van der Waals surface area contributed by atoms with Crippen LogP contribution in [0.2, 0.25) is 0 Å². The fraction of sp³-hybridized carbons (Fsp3) is 1.00. The van der Waals surface area contributed by atoms with Crippen molar-refractivity contribution >= 4 is 10.1 Å². The first kappa shape index (κ1) is 10.9. The van der Waals surface area contributed by atoms with Gasteiger partial charge in [0, 0.05) is 0 Å². The van der Waals surface area contributed by atoms with Gasteiger partial charge in [0.2, 0.25) is 0 Å². The molecule has 0 heterocycles. The molecule has 68 valence electrons. The average Bonchev–Trinajstić information content (AvgIpc) is 1.53. The smallest absolute Gasteiger partial charge is 0.266 e. The zero-order valence-electron chi connectivity index (χ0n) is 7.20. The Balaban J connectivity index is 3.80. The third-order valence-corrected chi connectivity index (χ3v) is 1.39. The summed E-state index contributed by atoms with van der Waals surface area (Å²) in [6, 6.07) is 0. The van der Waals surface area contributed by atoms with Gasteiger partial charge in [-0.15, -0.1) is 0 Å². The first-order valence-corrected chi connectivity index (χ1v) is 5.16. The van der Waals surface area contributed by atoms with Gasteiger partial charge in [-0.3, -0.25) is 0 Å². The monoisotopic (exact) mass is 182 g/mol. The van der Waals surface area contributed by atoms with Crippen LogP contribution in [0.4, 0.5) is 0 Å². The third kappa shape index (κ3) is 7.77. The van der Waals surface area contributed by atoms with E-state index in [1.165, 1.54) is 0 Å². The van der Waals surface area contributed by atoms with Gasteiger partial charge in [-0.05, 0) is 20.8 Å². The maximum absolute atomic E-state index is 10.5. The van der Waals surface area contributed by atoms with Crippen molar-refractivity contribution in [1.82, 2.24) is 0 Å². The minimum atomic E-state index is -3.39. The summed E-state index contributed by atoms with van der Waals surface area (Å²) in [7, 11) is -3.39. The Kier molecular flexibility index (Phi) is 3.99. The van der Waals surface area contributed by atoms with Crippen molar-refractivity contribution in [2.24, 2.45) is 0 Å². The molecule has 0 N–H and O–H groups in total. The summed E-state index contributed by atoms with van der Waals surface area (Å²) < 4.78 is 30.6. The van der Waals surface area contributed by atoms with Crippen molar-refractivity contribution in [3.8, 4) is 0 Å². The summed E-state index contributed by atoms with van der Waals surface area (Å²) in [5.41, 5.74) is 0. The van der Waals surface area contributed by atoms with Gasteiger partial charge in [0.15, 0.2) is 6.29 Å². The first-order chi connectivity index (χ1) is 4.81. The van der Waals surface area contributed by atoms with E-state index in [2.05, 4.69) is 4.18 Å².